The Kier molecular flexibility index (Phi) is 2.78. The average Bonchev–Trinajstić information content (AvgIpc) is 2.09. The van der Waals surface area contributed by atoms with Gasteiger partial charge in [0.2, 0.25) is 11.8 Å². The topological polar surface area (TPSA) is 35.0 Å². The van der Waals surface area contributed by atoms with Gasteiger partial charge in [-0.05, 0) is 13.8 Å². The van der Waals surface area contributed by atoms with E-state index in [-0.39, 0.29) is 18.8 Å². The van der Waals surface area contributed by atoms with Gasteiger partial charge >= 0.3 is 0 Å². The predicted octanol–water partition coefficient (Wildman–Crippen LogP) is 2.52. The average molecular weight is 228 g/mol. The molecule has 2 rings (SSSR count). The van der Waals surface area contributed by atoms with Crippen molar-refractivity contribution < 1.29 is 13.5 Å². The molecule has 0 unspecified atom stereocenters. The second-order valence-electron chi connectivity index (χ2n) is 4.34. The number of aromatic nitrogens is 2. The number of nitrogens with zero attached hydrogens (tertiary/aromatic N) is 2. The normalized spacial score (nSPS) is 19.2. The molecule has 5 heteroatoms. The summed E-state index contributed by atoms with van der Waals surface area (Å²) in [5, 5.41) is 0. The Balaban J connectivity index is 1.86. The first-order chi connectivity index (χ1) is 7.44. The lowest BCUT2D eigenvalue weighted by molar-refractivity contribution is -0.119. The maximum Gasteiger partial charge on any atom is 0.248 e. The Morgan fingerprint density at radius 3 is 2.62 bits per heavy atom. The van der Waals surface area contributed by atoms with Crippen LogP contribution < -0.4 is 4.74 Å². The van der Waals surface area contributed by atoms with E-state index >= 15 is 0 Å². The molecule has 0 bridgehead atoms. The van der Waals surface area contributed by atoms with Gasteiger partial charge in [-0.15, -0.1) is 0 Å². The lowest BCUT2D eigenvalue weighted by Crippen LogP contribution is -2.38. The molecular weight excluding hydrogens is 214 g/mol. The Labute approximate surface area is 92.9 Å². The third-order valence-corrected chi connectivity index (χ3v) is 2.58. The first-order valence-electron chi connectivity index (χ1n) is 5.27. The van der Waals surface area contributed by atoms with Crippen LogP contribution in [0.4, 0.5) is 8.78 Å². The van der Waals surface area contributed by atoms with Crippen LogP contribution in [-0.2, 0) is 0 Å². The molecule has 0 spiro atoms. The van der Waals surface area contributed by atoms with E-state index in [9.17, 15) is 8.78 Å². The van der Waals surface area contributed by atoms with Gasteiger partial charge in [0, 0.05) is 30.5 Å². The van der Waals surface area contributed by atoms with Crippen LogP contribution in [0.3, 0.4) is 0 Å². The van der Waals surface area contributed by atoms with E-state index in [0.717, 1.165) is 5.69 Å². The highest BCUT2D eigenvalue weighted by atomic mass is 19.3. The molecule has 0 amide bonds. The quantitative estimate of drug-likeness (QED) is 0.797. The summed E-state index contributed by atoms with van der Waals surface area (Å²) in [7, 11) is 0. The molecule has 0 radical (unpaired) electrons. The number of halogens is 2. The van der Waals surface area contributed by atoms with Crippen molar-refractivity contribution in [2.24, 2.45) is 5.92 Å². The fourth-order valence-corrected chi connectivity index (χ4v) is 1.86. The SMILES string of the molecule is Cc1cc(OCC2CC(F)(F)C2)nc(C)n1. The van der Waals surface area contributed by atoms with Gasteiger partial charge in [-0.25, -0.2) is 13.8 Å². The summed E-state index contributed by atoms with van der Waals surface area (Å²) in [6.07, 6.45) is -0.147. The lowest BCUT2D eigenvalue weighted by atomic mass is 9.82. The third kappa shape index (κ3) is 2.65. The van der Waals surface area contributed by atoms with Crippen molar-refractivity contribution in [3.63, 3.8) is 0 Å². The van der Waals surface area contributed by atoms with Crippen molar-refractivity contribution in [3.8, 4) is 5.88 Å². The van der Waals surface area contributed by atoms with Gasteiger partial charge in [-0.2, -0.15) is 4.98 Å². The van der Waals surface area contributed by atoms with E-state index in [2.05, 4.69) is 9.97 Å². The third-order valence-electron chi connectivity index (χ3n) is 2.58. The smallest absolute Gasteiger partial charge is 0.248 e. The molecule has 1 aromatic heterocycles. The van der Waals surface area contributed by atoms with Gasteiger partial charge in [-0.3, -0.25) is 0 Å². The molecule has 1 aliphatic carbocycles. The first-order valence-corrected chi connectivity index (χ1v) is 5.27. The highest BCUT2D eigenvalue weighted by molar-refractivity contribution is 5.14. The summed E-state index contributed by atoms with van der Waals surface area (Å²) in [6, 6.07) is 1.71. The predicted molar refractivity (Wildman–Crippen MR) is 54.7 cm³/mol. The first kappa shape index (κ1) is 11.2. The van der Waals surface area contributed by atoms with Gasteiger partial charge < -0.3 is 4.74 Å². The molecule has 1 heterocycles. The zero-order valence-electron chi connectivity index (χ0n) is 9.33. The zero-order valence-corrected chi connectivity index (χ0v) is 9.33. The van der Waals surface area contributed by atoms with Crippen molar-refractivity contribution in [2.45, 2.75) is 32.6 Å². The van der Waals surface area contributed by atoms with Gasteiger partial charge in [-0.1, -0.05) is 0 Å². The monoisotopic (exact) mass is 228 g/mol. The van der Waals surface area contributed by atoms with Crippen LogP contribution in [-0.4, -0.2) is 22.5 Å². The Morgan fingerprint density at radius 1 is 1.38 bits per heavy atom. The molecule has 1 aliphatic rings. The van der Waals surface area contributed by atoms with E-state index in [4.69, 9.17) is 4.74 Å². The van der Waals surface area contributed by atoms with Gasteiger partial charge in [0.25, 0.3) is 0 Å². The van der Waals surface area contributed by atoms with E-state index in [0.29, 0.717) is 18.3 Å². The molecule has 0 N–H and O–H groups in total. The lowest BCUT2D eigenvalue weighted by Gasteiger charge is -2.34. The summed E-state index contributed by atoms with van der Waals surface area (Å²) < 4.78 is 30.5. The number of rotatable bonds is 3. The van der Waals surface area contributed by atoms with Gasteiger partial charge in [0.15, 0.2) is 0 Å². The standard InChI is InChI=1S/C11H14F2N2O/c1-7-3-10(15-8(2)14-7)16-6-9-4-11(12,13)5-9/h3,9H,4-6H2,1-2H3. The van der Waals surface area contributed by atoms with Crippen LogP contribution in [0.1, 0.15) is 24.4 Å². The fourth-order valence-electron chi connectivity index (χ4n) is 1.86. The van der Waals surface area contributed by atoms with E-state index < -0.39 is 5.92 Å². The van der Waals surface area contributed by atoms with E-state index in [1.807, 2.05) is 6.92 Å². The number of aryl methyl sites for hydroxylation is 2. The highest BCUT2D eigenvalue weighted by Gasteiger charge is 2.45. The molecule has 0 aromatic carbocycles. The minimum atomic E-state index is -2.48. The second-order valence-corrected chi connectivity index (χ2v) is 4.34. The molecule has 0 saturated heterocycles. The molecule has 1 saturated carbocycles. The van der Waals surface area contributed by atoms with Gasteiger partial charge in [0.1, 0.15) is 5.82 Å². The molecule has 1 aromatic rings. The highest BCUT2D eigenvalue weighted by Crippen LogP contribution is 2.42. The molecule has 16 heavy (non-hydrogen) atoms. The van der Waals surface area contributed by atoms with Crippen LogP contribution >= 0.6 is 0 Å². The molecule has 88 valence electrons. The summed E-state index contributed by atoms with van der Waals surface area (Å²) in [5.41, 5.74) is 0.821. The molecule has 3 nitrogen and oxygen atoms in total. The van der Waals surface area contributed by atoms with Crippen LogP contribution in [0.2, 0.25) is 0 Å². The number of alkyl halides is 2. The maximum absolute atomic E-state index is 12.6. The molecule has 0 atom stereocenters. The minimum Gasteiger partial charge on any atom is -0.477 e. The second kappa shape index (κ2) is 3.96. The molecule has 1 fully saturated rings. The van der Waals surface area contributed by atoms with Crippen molar-refractivity contribution in [3.05, 3.63) is 17.6 Å². The van der Waals surface area contributed by atoms with Gasteiger partial charge in [0.05, 0.1) is 6.61 Å². The largest absolute Gasteiger partial charge is 0.477 e. The maximum atomic E-state index is 12.6. The number of hydrogen-bond acceptors (Lipinski definition) is 3. The minimum absolute atomic E-state index is 0.0504. The summed E-state index contributed by atoms with van der Waals surface area (Å²) in [5.74, 6) is -1.43. The Bertz CT molecular complexity index is 367. The van der Waals surface area contributed by atoms with Crippen LogP contribution in [0.25, 0.3) is 0 Å². The summed E-state index contributed by atoms with van der Waals surface area (Å²) in [4.78, 5) is 8.19. The zero-order chi connectivity index (χ0) is 11.8. The van der Waals surface area contributed by atoms with Crippen LogP contribution in [0, 0.1) is 19.8 Å². The number of ether oxygens (including phenoxy) is 1. The van der Waals surface area contributed by atoms with Crippen LogP contribution in [0.15, 0.2) is 6.07 Å². The summed E-state index contributed by atoms with van der Waals surface area (Å²) in [6.45, 7) is 3.93. The van der Waals surface area contributed by atoms with Crippen molar-refractivity contribution in [1.82, 2.24) is 9.97 Å². The Morgan fingerprint density at radius 2 is 2.06 bits per heavy atom. The van der Waals surface area contributed by atoms with E-state index in [1.54, 1.807) is 13.0 Å². The fraction of sp³-hybridized carbons (Fsp3) is 0.636. The Hall–Kier alpha value is -1.26. The number of hydrogen-bond donors (Lipinski definition) is 0. The molecule has 0 aliphatic heterocycles. The van der Waals surface area contributed by atoms with Crippen molar-refractivity contribution in [2.75, 3.05) is 6.61 Å². The summed E-state index contributed by atoms with van der Waals surface area (Å²) >= 11 is 0. The van der Waals surface area contributed by atoms with Crippen molar-refractivity contribution in [1.29, 1.82) is 0 Å². The molecular formula is C11H14F2N2O. The van der Waals surface area contributed by atoms with E-state index in [1.165, 1.54) is 0 Å². The van der Waals surface area contributed by atoms with Crippen LogP contribution in [0.5, 0.6) is 5.88 Å². The van der Waals surface area contributed by atoms with Crippen molar-refractivity contribution >= 4 is 0 Å².